The van der Waals surface area contributed by atoms with E-state index in [9.17, 15) is 4.79 Å². The monoisotopic (exact) mass is 434 g/mol. The largest absolute Gasteiger partial charge is 0.493 e. The minimum atomic E-state index is -0.381. The highest BCUT2D eigenvalue weighted by molar-refractivity contribution is 6.17. The molecular formula is C29H38O3. The molecule has 0 unspecified atom stereocenters. The number of hydrogen-bond donors (Lipinski definition) is 0. The van der Waals surface area contributed by atoms with Crippen molar-refractivity contribution in [1.29, 1.82) is 0 Å². The van der Waals surface area contributed by atoms with Gasteiger partial charge in [0.1, 0.15) is 5.75 Å². The lowest BCUT2D eigenvalue weighted by molar-refractivity contribution is -0.136. The van der Waals surface area contributed by atoms with Crippen LogP contribution in [0.5, 0.6) is 5.75 Å². The Kier molecular flexibility index (Phi) is 6.88. The first kappa shape index (κ1) is 24.1. The fraction of sp³-hybridized carbons (Fsp3) is 0.483. The topological polar surface area (TPSA) is 35.5 Å². The smallest absolute Gasteiger partial charge is 0.338 e. The molecule has 0 aromatic heterocycles. The lowest BCUT2D eigenvalue weighted by atomic mass is 9.62. The molecule has 2 aromatic rings. The second-order valence-corrected chi connectivity index (χ2v) is 10.2. The molecule has 2 aromatic carbocycles. The highest BCUT2D eigenvalue weighted by Crippen LogP contribution is 2.53. The molecule has 0 atom stereocenters. The van der Waals surface area contributed by atoms with E-state index in [0.29, 0.717) is 18.8 Å². The van der Waals surface area contributed by atoms with Gasteiger partial charge >= 0.3 is 5.97 Å². The zero-order valence-electron chi connectivity index (χ0n) is 20.9. The summed E-state index contributed by atoms with van der Waals surface area (Å²) in [6.45, 7) is 20.5. The van der Waals surface area contributed by atoms with Gasteiger partial charge in [-0.05, 0) is 66.2 Å². The fourth-order valence-corrected chi connectivity index (χ4v) is 4.85. The van der Waals surface area contributed by atoms with E-state index in [-0.39, 0.29) is 16.8 Å². The SMILES string of the molecule is C=C(C(=O)OCC)c1ccccc1-c1c(C)cc2c(c1OCCC)C(C)(C)CCC2(C)C. The van der Waals surface area contributed by atoms with Gasteiger partial charge in [0.15, 0.2) is 0 Å². The van der Waals surface area contributed by atoms with Crippen molar-refractivity contribution in [3.8, 4) is 16.9 Å². The first-order valence-corrected chi connectivity index (χ1v) is 11.8. The van der Waals surface area contributed by atoms with Crippen LogP contribution in [0, 0.1) is 6.92 Å². The van der Waals surface area contributed by atoms with Crippen LogP contribution in [0.3, 0.4) is 0 Å². The molecule has 0 bridgehead atoms. The maximum atomic E-state index is 12.5. The maximum absolute atomic E-state index is 12.5. The van der Waals surface area contributed by atoms with E-state index in [0.717, 1.165) is 47.3 Å². The van der Waals surface area contributed by atoms with E-state index in [1.54, 1.807) is 0 Å². The highest BCUT2D eigenvalue weighted by atomic mass is 16.5. The third-order valence-electron chi connectivity index (χ3n) is 6.75. The molecule has 3 heteroatoms. The summed E-state index contributed by atoms with van der Waals surface area (Å²) < 4.78 is 11.8. The minimum absolute atomic E-state index is 0.00344. The van der Waals surface area contributed by atoms with E-state index in [1.807, 2.05) is 25.1 Å². The van der Waals surface area contributed by atoms with Crippen LogP contribution in [-0.2, 0) is 20.4 Å². The molecule has 3 nitrogen and oxygen atoms in total. The third-order valence-corrected chi connectivity index (χ3v) is 6.75. The van der Waals surface area contributed by atoms with Gasteiger partial charge in [-0.15, -0.1) is 0 Å². The Morgan fingerprint density at radius 3 is 2.38 bits per heavy atom. The van der Waals surface area contributed by atoms with Gasteiger partial charge in [0.2, 0.25) is 0 Å². The predicted molar refractivity (Wildman–Crippen MR) is 133 cm³/mol. The molecule has 0 heterocycles. The summed E-state index contributed by atoms with van der Waals surface area (Å²) >= 11 is 0. The van der Waals surface area contributed by atoms with Crippen molar-refractivity contribution in [2.75, 3.05) is 13.2 Å². The lowest BCUT2D eigenvalue weighted by Gasteiger charge is -2.43. The molecule has 0 radical (unpaired) electrons. The van der Waals surface area contributed by atoms with Crippen molar-refractivity contribution in [1.82, 2.24) is 0 Å². The van der Waals surface area contributed by atoms with Crippen molar-refractivity contribution in [3.05, 3.63) is 59.2 Å². The molecule has 0 N–H and O–H groups in total. The van der Waals surface area contributed by atoms with Crippen LogP contribution < -0.4 is 4.74 Å². The van der Waals surface area contributed by atoms with Crippen LogP contribution in [0.15, 0.2) is 36.9 Å². The standard InChI is InChI=1S/C29H38O3/c1-9-17-32-26-24(22-14-12-11-13-21(22)20(4)27(30)31-10-2)19(3)18-23-25(26)29(7,8)16-15-28(23,5)6/h11-14,18H,4,9-10,15-17H2,1-3,5-8H3. The molecule has 1 aliphatic carbocycles. The normalized spacial score (nSPS) is 16.2. The molecule has 1 aliphatic rings. The first-order chi connectivity index (χ1) is 15.0. The molecule has 32 heavy (non-hydrogen) atoms. The Morgan fingerprint density at radius 2 is 1.72 bits per heavy atom. The number of ether oxygens (including phenoxy) is 2. The fourth-order valence-electron chi connectivity index (χ4n) is 4.85. The van der Waals surface area contributed by atoms with Gasteiger partial charge in [-0.25, -0.2) is 4.79 Å². The Hall–Kier alpha value is -2.55. The summed E-state index contributed by atoms with van der Waals surface area (Å²) in [5.74, 6) is 0.580. The number of aryl methyl sites for hydroxylation is 1. The van der Waals surface area contributed by atoms with Crippen LogP contribution >= 0.6 is 0 Å². The van der Waals surface area contributed by atoms with Crippen LogP contribution in [0.1, 0.15) is 83.1 Å². The Balaban J connectivity index is 2.34. The number of rotatable bonds is 7. The molecule has 0 aliphatic heterocycles. The number of fused-ring (bicyclic) bond motifs is 1. The van der Waals surface area contributed by atoms with E-state index < -0.39 is 0 Å². The average Bonchev–Trinajstić information content (AvgIpc) is 2.74. The van der Waals surface area contributed by atoms with Crippen LogP contribution in [0.4, 0.5) is 0 Å². The van der Waals surface area contributed by atoms with Crippen LogP contribution in [-0.4, -0.2) is 19.2 Å². The maximum Gasteiger partial charge on any atom is 0.338 e. The number of carbonyl (C=O) groups is 1. The Morgan fingerprint density at radius 1 is 1.06 bits per heavy atom. The summed E-state index contributed by atoms with van der Waals surface area (Å²) in [6, 6.07) is 10.3. The van der Waals surface area contributed by atoms with E-state index in [2.05, 4.69) is 60.3 Å². The van der Waals surface area contributed by atoms with Gasteiger partial charge in [-0.2, -0.15) is 0 Å². The van der Waals surface area contributed by atoms with Gasteiger partial charge in [0.25, 0.3) is 0 Å². The second-order valence-electron chi connectivity index (χ2n) is 10.2. The predicted octanol–water partition coefficient (Wildman–Crippen LogP) is 7.38. The molecule has 3 rings (SSSR count). The summed E-state index contributed by atoms with van der Waals surface area (Å²) in [7, 11) is 0. The van der Waals surface area contributed by atoms with E-state index in [4.69, 9.17) is 9.47 Å². The number of carbonyl (C=O) groups excluding carboxylic acids is 1. The first-order valence-electron chi connectivity index (χ1n) is 11.8. The summed E-state index contributed by atoms with van der Waals surface area (Å²) in [5.41, 5.74) is 7.13. The van der Waals surface area contributed by atoms with Gasteiger partial charge in [-0.3, -0.25) is 0 Å². The number of hydrogen-bond acceptors (Lipinski definition) is 3. The van der Waals surface area contributed by atoms with Gasteiger partial charge in [-0.1, -0.05) is 71.5 Å². The highest BCUT2D eigenvalue weighted by Gasteiger charge is 2.41. The summed E-state index contributed by atoms with van der Waals surface area (Å²) in [6.07, 6.45) is 3.19. The van der Waals surface area contributed by atoms with Crippen LogP contribution in [0.25, 0.3) is 16.7 Å². The van der Waals surface area contributed by atoms with Crippen molar-refractivity contribution < 1.29 is 14.3 Å². The van der Waals surface area contributed by atoms with Gasteiger partial charge in [0, 0.05) is 11.1 Å². The van der Waals surface area contributed by atoms with Crippen LogP contribution in [0.2, 0.25) is 0 Å². The average molecular weight is 435 g/mol. The Labute approximate surface area is 193 Å². The van der Waals surface area contributed by atoms with Crippen molar-refractivity contribution in [2.45, 2.75) is 78.6 Å². The quantitative estimate of drug-likeness (QED) is 0.337. The molecule has 0 spiro atoms. The van der Waals surface area contributed by atoms with Gasteiger partial charge < -0.3 is 9.47 Å². The zero-order chi connectivity index (χ0) is 23.7. The molecule has 0 amide bonds. The number of esters is 1. The van der Waals surface area contributed by atoms with Gasteiger partial charge in [0.05, 0.1) is 18.8 Å². The Bertz CT molecular complexity index is 1030. The molecule has 172 valence electrons. The lowest BCUT2D eigenvalue weighted by Crippen LogP contribution is -2.34. The van der Waals surface area contributed by atoms with Crippen molar-refractivity contribution >= 4 is 11.5 Å². The summed E-state index contributed by atoms with van der Waals surface area (Å²) in [5, 5.41) is 0. The number of benzene rings is 2. The molecular weight excluding hydrogens is 396 g/mol. The molecule has 0 saturated heterocycles. The van der Waals surface area contributed by atoms with E-state index >= 15 is 0 Å². The van der Waals surface area contributed by atoms with Crippen molar-refractivity contribution in [3.63, 3.8) is 0 Å². The molecule has 0 fully saturated rings. The van der Waals surface area contributed by atoms with E-state index in [1.165, 1.54) is 11.1 Å². The zero-order valence-corrected chi connectivity index (χ0v) is 20.9. The summed E-state index contributed by atoms with van der Waals surface area (Å²) in [4.78, 5) is 12.5. The van der Waals surface area contributed by atoms with Crippen molar-refractivity contribution in [2.24, 2.45) is 0 Å². The molecule has 0 saturated carbocycles. The second kappa shape index (κ2) is 9.13. The minimum Gasteiger partial charge on any atom is -0.493 e. The third kappa shape index (κ3) is 4.35.